The zero-order valence-electron chi connectivity index (χ0n) is 10.9. The number of nitrogens with zero attached hydrogens (tertiary/aromatic N) is 2. The highest BCUT2D eigenvalue weighted by atomic mass is 15.2. The third-order valence-electron chi connectivity index (χ3n) is 3.45. The number of aromatic nitrogens is 2. The molecule has 0 aliphatic carbocycles. The van der Waals surface area contributed by atoms with Crippen molar-refractivity contribution in [1.29, 1.82) is 0 Å². The number of hydrogen-bond donors (Lipinski definition) is 2. The van der Waals surface area contributed by atoms with Crippen LogP contribution in [0.4, 0.5) is 0 Å². The summed E-state index contributed by atoms with van der Waals surface area (Å²) in [5.41, 5.74) is 0. The van der Waals surface area contributed by atoms with Gasteiger partial charge in [0.2, 0.25) is 0 Å². The fraction of sp³-hybridized carbons (Fsp3) is 0.769. The molecule has 1 aromatic rings. The lowest BCUT2D eigenvalue weighted by molar-refractivity contribution is 0.169. The molecule has 0 aromatic carbocycles. The highest BCUT2D eigenvalue weighted by Crippen LogP contribution is 2.15. The molecule has 2 N–H and O–H groups in total. The fourth-order valence-corrected chi connectivity index (χ4v) is 2.57. The van der Waals surface area contributed by atoms with Gasteiger partial charge < -0.3 is 15.2 Å². The van der Waals surface area contributed by atoms with E-state index < -0.39 is 0 Å². The van der Waals surface area contributed by atoms with E-state index in [2.05, 4.69) is 34.0 Å². The molecule has 4 heteroatoms. The highest BCUT2D eigenvalue weighted by molar-refractivity contribution is 4.87. The lowest BCUT2D eigenvalue weighted by Crippen LogP contribution is -2.43. The van der Waals surface area contributed by atoms with Crippen molar-refractivity contribution in [3.63, 3.8) is 0 Å². The first-order chi connectivity index (χ1) is 8.24. The van der Waals surface area contributed by atoms with Crippen molar-refractivity contribution < 1.29 is 0 Å². The zero-order chi connectivity index (χ0) is 12.1. The van der Waals surface area contributed by atoms with E-state index in [0.29, 0.717) is 6.04 Å². The normalized spacial score (nSPS) is 23.8. The standard InChI is InChI=1S/C13H24N4/c1-11-4-3-7-17(9-11)10-12(2)16-8-13-14-5-6-15-13/h5-6,11-12,16H,3-4,7-10H2,1-2H3,(H,14,15). The van der Waals surface area contributed by atoms with Crippen molar-refractivity contribution in [2.45, 2.75) is 39.3 Å². The lowest BCUT2D eigenvalue weighted by atomic mass is 10.00. The number of piperidine rings is 1. The molecule has 2 atom stereocenters. The summed E-state index contributed by atoms with van der Waals surface area (Å²) in [4.78, 5) is 9.91. The molecule has 0 radical (unpaired) electrons. The van der Waals surface area contributed by atoms with Gasteiger partial charge in [0.15, 0.2) is 0 Å². The van der Waals surface area contributed by atoms with Crippen molar-refractivity contribution in [3.05, 3.63) is 18.2 Å². The molecule has 17 heavy (non-hydrogen) atoms. The van der Waals surface area contributed by atoms with Crippen LogP contribution in [0.2, 0.25) is 0 Å². The molecule has 0 saturated carbocycles. The van der Waals surface area contributed by atoms with Crippen LogP contribution in [0.3, 0.4) is 0 Å². The summed E-state index contributed by atoms with van der Waals surface area (Å²) in [5, 5.41) is 3.51. The van der Waals surface area contributed by atoms with Crippen LogP contribution in [0.25, 0.3) is 0 Å². The topological polar surface area (TPSA) is 44.0 Å². The van der Waals surface area contributed by atoms with Crippen LogP contribution < -0.4 is 5.32 Å². The van der Waals surface area contributed by atoms with E-state index in [1.807, 2.05) is 6.20 Å². The van der Waals surface area contributed by atoms with Crippen LogP contribution in [-0.2, 0) is 6.54 Å². The van der Waals surface area contributed by atoms with Crippen molar-refractivity contribution in [2.75, 3.05) is 19.6 Å². The molecule has 1 aromatic heterocycles. The number of hydrogen-bond acceptors (Lipinski definition) is 3. The van der Waals surface area contributed by atoms with E-state index in [1.165, 1.54) is 25.9 Å². The number of rotatable bonds is 5. The summed E-state index contributed by atoms with van der Waals surface area (Å²) < 4.78 is 0. The molecule has 1 aliphatic rings. The molecule has 4 nitrogen and oxygen atoms in total. The van der Waals surface area contributed by atoms with Crippen LogP contribution in [0.5, 0.6) is 0 Å². The van der Waals surface area contributed by atoms with Gasteiger partial charge in [-0.1, -0.05) is 6.92 Å². The van der Waals surface area contributed by atoms with Gasteiger partial charge in [0.05, 0.1) is 6.54 Å². The molecule has 0 spiro atoms. The summed E-state index contributed by atoms with van der Waals surface area (Å²) >= 11 is 0. The molecule has 2 rings (SSSR count). The van der Waals surface area contributed by atoms with Crippen LogP contribution >= 0.6 is 0 Å². The van der Waals surface area contributed by atoms with Crippen molar-refractivity contribution in [3.8, 4) is 0 Å². The molecule has 0 bridgehead atoms. The maximum atomic E-state index is 4.22. The SMILES string of the molecule is CC1CCCN(CC(C)NCc2ncc[nH]2)C1. The second-order valence-corrected chi connectivity index (χ2v) is 5.32. The zero-order valence-corrected chi connectivity index (χ0v) is 10.9. The third kappa shape index (κ3) is 4.13. The Morgan fingerprint density at radius 3 is 3.24 bits per heavy atom. The van der Waals surface area contributed by atoms with E-state index in [-0.39, 0.29) is 0 Å². The molecule has 2 unspecified atom stereocenters. The number of imidazole rings is 1. The predicted octanol–water partition coefficient (Wildman–Crippen LogP) is 1.62. The average molecular weight is 236 g/mol. The fourth-order valence-electron chi connectivity index (χ4n) is 2.57. The molecule has 1 fully saturated rings. The number of likely N-dealkylation sites (tertiary alicyclic amines) is 1. The Bertz CT molecular complexity index is 309. The maximum absolute atomic E-state index is 4.22. The van der Waals surface area contributed by atoms with Gasteiger partial charge in [-0.05, 0) is 32.2 Å². The minimum atomic E-state index is 0.519. The van der Waals surface area contributed by atoms with E-state index in [0.717, 1.165) is 24.8 Å². The van der Waals surface area contributed by atoms with Gasteiger partial charge in [-0.15, -0.1) is 0 Å². The summed E-state index contributed by atoms with van der Waals surface area (Å²) in [6.07, 6.45) is 6.42. The van der Waals surface area contributed by atoms with Crippen molar-refractivity contribution in [1.82, 2.24) is 20.2 Å². The first-order valence-electron chi connectivity index (χ1n) is 6.68. The summed E-state index contributed by atoms with van der Waals surface area (Å²) in [7, 11) is 0. The van der Waals surface area contributed by atoms with E-state index in [9.17, 15) is 0 Å². The largest absolute Gasteiger partial charge is 0.348 e. The van der Waals surface area contributed by atoms with Crippen LogP contribution in [0.1, 0.15) is 32.5 Å². The minimum absolute atomic E-state index is 0.519. The molecular formula is C13H24N4. The second-order valence-electron chi connectivity index (χ2n) is 5.32. The van der Waals surface area contributed by atoms with E-state index >= 15 is 0 Å². The van der Waals surface area contributed by atoms with Gasteiger partial charge in [-0.3, -0.25) is 0 Å². The summed E-state index contributed by atoms with van der Waals surface area (Å²) in [6.45, 7) is 9.10. The van der Waals surface area contributed by atoms with Gasteiger partial charge >= 0.3 is 0 Å². The van der Waals surface area contributed by atoms with Crippen molar-refractivity contribution >= 4 is 0 Å². The Labute approximate surface area is 104 Å². The highest BCUT2D eigenvalue weighted by Gasteiger charge is 2.17. The maximum Gasteiger partial charge on any atom is 0.120 e. The number of H-pyrrole nitrogens is 1. The average Bonchev–Trinajstić information content (AvgIpc) is 2.79. The van der Waals surface area contributed by atoms with Crippen LogP contribution in [-0.4, -0.2) is 40.5 Å². The summed E-state index contributed by atoms with van der Waals surface area (Å²) in [6, 6.07) is 0.519. The van der Waals surface area contributed by atoms with Crippen molar-refractivity contribution in [2.24, 2.45) is 5.92 Å². The van der Waals surface area contributed by atoms with Gasteiger partial charge in [0.25, 0.3) is 0 Å². The first kappa shape index (κ1) is 12.6. The first-order valence-corrected chi connectivity index (χ1v) is 6.68. The quantitative estimate of drug-likeness (QED) is 0.816. The monoisotopic (exact) mass is 236 g/mol. The molecule has 0 amide bonds. The van der Waals surface area contributed by atoms with Crippen LogP contribution in [0.15, 0.2) is 12.4 Å². The minimum Gasteiger partial charge on any atom is -0.348 e. The molecule has 2 heterocycles. The number of aromatic amines is 1. The van der Waals surface area contributed by atoms with E-state index in [1.54, 1.807) is 6.20 Å². The predicted molar refractivity (Wildman–Crippen MR) is 69.7 cm³/mol. The molecule has 1 saturated heterocycles. The Hall–Kier alpha value is -0.870. The molecule has 1 aliphatic heterocycles. The van der Waals surface area contributed by atoms with Crippen LogP contribution in [0, 0.1) is 5.92 Å². The van der Waals surface area contributed by atoms with Gasteiger partial charge in [-0.2, -0.15) is 0 Å². The summed E-state index contributed by atoms with van der Waals surface area (Å²) in [5.74, 6) is 1.88. The van der Waals surface area contributed by atoms with Gasteiger partial charge in [-0.25, -0.2) is 4.98 Å². The Kier molecular flexibility index (Phi) is 4.57. The molecular weight excluding hydrogens is 212 g/mol. The number of nitrogens with one attached hydrogen (secondary N) is 2. The van der Waals surface area contributed by atoms with E-state index in [4.69, 9.17) is 0 Å². The van der Waals surface area contributed by atoms with Gasteiger partial charge in [0, 0.05) is 31.5 Å². The second kappa shape index (κ2) is 6.17. The lowest BCUT2D eigenvalue weighted by Gasteiger charge is -2.32. The molecule has 96 valence electrons. The third-order valence-corrected chi connectivity index (χ3v) is 3.45. The van der Waals surface area contributed by atoms with Gasteiger partial charge in [0.1, 0.15) is 5.82 Å². The Morgan fingerprint density at radius 2 is 2.53 bits per heavy atom. The Morgan fingerprint density at radius 1 is 1.65 bits per heavy atom. The Balaban J connectivity index is 1.67. The smallest absolute Gasteiger partial charge is 0.120 e.